The Bertz CT molecular complexity index is 572. The number of hydrogen-bond acceptors (Lipinski definition) is 4. The fourth-order valence-corrected chi connectivity index (χ4v) is 1.63. The van der Waals surface area contributed by atoms with E-state index in [0.717, 1.165) is 0 Å². The van der Waals surface area contributed by atoms with Crippen molar-refractivity contribution in [1.82, 2.24) is 4.98 Å². The van der Waals surface area contributed by atoms with E-state index in [1.54, 1.807) is 31.6 Å². The summed E-state index contributed by atoms with van der Waals surface area (Å²) in [5, 5.41) is 0. The fraction of sp³-hybridized carbons (Fsp3) is 0.0769. The highest BCUT2D eigenvalue weighted by Crippen LogP contribution is 2.27. The predicted octanol–water partition coefficient (Wildman–Crippen LogP) is 2.52. The Kier molecular flexibility index (Phi) is 3.74. The first-order chi connectivity index (χ1) is 8.70. The van der Waals surface area contributed by atoms with Gasteiger partial charge >= 0.3 is 0 Å². The zero-order valence-electron chi connectivity index (χ0n) is 9.79. The van der Waals surface area contributed by atoms with Crippen LogP contribution in [0.2, 0.25) is 0 Å². The molecule has 92 valence electrons. The summed E-state index contributed by atoms with van der Waals surface area (Å²) in [6.45, 7) is 0. The number of aromatic nitrogens is 1. The van der Waals surface area contributed by atoms with Crippen LogP contribution in [-0.4, -0.2) is 17.1 Å². The number of thiocarbonyl (C=S) groups is 1. The Morgan fingerprint density at radius 2 is 2.06 bits per heavy atom. The van der Waals surface area contributed by atoms with Crippen molar-refractivity contribution in [3.63, 3.8) is 0 Å². The van der Waals surface area contributed by atoms with Gasteiger partial charge in [0.2, 0.25) is 0 Å². The average Bonchev–Trinajstić information content (AvgIpc) is 2.39. The zero-order chi connectivity index (χ0) is 13.0. The number of hydrogen-bond donors (Lipinski definition) is 1. The van der Waals surface area contributed by atoms with Gasteiger partial charge < -0.3 is 15.2 Å². The van der Waals surface area contributed by atoms with Gasteiger partial charge in [-0.1, -0.05) is 18.3 Å². The number of nitrogens with two attached hydrogens (primary N) is 1. The largest absolute Gasteiger partial charge is 0.497 e. The van der Waals surface area contributed by atoms with E-state index in [1.165, 1.54) is 0 Å². The first-order valence-corrected chi connectivity index (χ1v) is 5.67. The second kappa shape index (κ2) is 5.46. The summed E-state index contributed by atoms with van der Waals surface area (Å²) in [4.78, 5) is 4.27. The standard InChI is InChI=1S/C13H12N2O2S/c1-16-9-3-2-4-10(7-9)17-12-8-15-6-5-11(12)13(14)18/h2-8H,1H3,(H2,14,18). The smallest absolute Gasteiger partial charge is 0.155 e. The van der Waals surface area contributed by atoms with E-state index in [2.05, 4.69) is 4.98 Å². The van der Waals surface area contributed by atoms with Crippen molar-refractivity contribution in [2.45, 2.75) is 0 Å². The molecule has 0 aliphatic carbocycles. The van der Waals surface area contributed by atoms with Gasteiger partial charge in [0.15, 0.2) is 5.75 Å². The van der Waals surface area contributed by atoms with Crippen molar-refractivity contribution in [2.75, 3.05) is 7.11 Å². The molecule has 2 aromatic rings. The van der Waals surface area contributed by atoms with Crippen LogP contribution in [0.5, 0.6) is 17.2 Å². The molecule has 18 heavy (non-hydrogen) atoms. The normalized spacial score (nSPS) is 9.83. The van der Waals surface area contributed by atoms with Gasteiger partial charge in [0.05, 0.1) is 18.9 Å². The maximum Gasteiger partial charge on any atom is 0.155 e. The van der Waals surface area contributed by atoms with Crippen LogP contribution in [0.4, 0.5) is 0 Å². The summed E-state index contributed by atoms with van der Waals surface area (Å²) in [6, 6.07) is 8.99. The molecule has 2 rings (SSSR count). The summed E-state index contributed by atoms with van der Waals surface area (Å²) in [7, 11) is 1.60. The van der Waals surface area contributed by atoms with Gasteiger partial charge in [-0.25, -0.2) is 0 Å². The van der Waals surface area contributed by atoms with E-state index < -0.39 is 0 Å². The number of nitrogens with zero attached hydrogens (tertiary/aromatic N) is 1. The van der Waals surface area contributed by atoms with Gasteiger partial charge in [0.1, 0.15) is 16.5 Å². The molecule has 0 fully saturated rings. The van der Waals surface area contributed by atoms with Crippen LogP contribution in [0, 0.1) is 0 Å². The first-order valence-electron chi connectivity index (χ1n) is 5.26. The molecule has 0 saturated heterocycles. The minimum absolute atomic E-state index is 0.273. The van der Waals surface area contributed by atoms with Crippen molar-refractivity contribution < 1.29 is 9.47 Å². The van der Waals surface area contributed by atoms with Crippen molar-refractivity contribution in [3.8, 4) is 17.2 Å². The lowest BCUT2D eigenvalue weighted by Gasteiger charge is -2.10. The summed E-state index contributed by atoms with van der Waals surface area (Å²) in [5.74, 6) is 1.88. The van der Waals surface area contributed by atoms with Gasteiger partial charge in [-0.3, -0.25) is 4.98 Å². The first kappa shape index (κ1) is 12.3. The van der Waals surface area contributed by atoms with E-state index in [4.69, 9.17) is 27.4 Å². The van der Waals surface area contributed by atoms with Crippen LogP contribution in [0.25, 0.3) is 0 Å². The van der Waals surface area contributed by atoms with E-state index in [0.29, 0.717) is 22.8 Å². The minimum atomic E-state index is 0.273. The van der Waals surface area contributed by atoms with Crippen LogP contribution < -0.4 is 15.2 Å². The molecule has 2 N–H and O–H groups in total. The van der Waals surface area contributed by atoms with E-state index in [-0.39, 0.29) is 4.99 Å². The Hall–Kier alpha value is -2.14. The van der Waals surface area contributed by atoms with E-state index in [9.17, 15) is 0 Å². The summed E-state index contributed by atoms with van der Waals surface area (Å²) in [5.41, 5.74) is 6.28. The van der Waals surface area contributed by atoms with Crippen LogP contribution in [0.1, 0.15) is 5.56 Å². The summed E-state index contributed by atoms with van der Waals surface area (Å²) < 4.78 is 10.8. The molecule has 0 saturated carbocycles. The molecular formula is C13H12N2O2S. The average molecular weight is 260 g/mol. The molecule has 0 amide bonds. The molecule has 1 aromatic carbocycles. The number of ether oxygens (including phenoxy) is 2. The molecule has 0 aliphatic heterocycles. The lowest BCUT2D eigenvalue weighted by Crippen LogP contribution is -2.10. The number of rotatable bonds is 4. The Morgan fingerprint density at radius 3 is 2.78 bits per heavy atom. The van der Waals surface area contributed by atoms with Crippen LogP contribution in [-0.2, 0) is 0 Å². The molecule has 1 heterocycles. The van der Waals surface area contributed by atoms with Crippen LogP contribution in [0.15, 0.2) is 42.7 Å². The quantitative estimate of drug-likeness (QED) is 0.856. The molecule has 0 aliphatic rings. The fourth-order valence-electron chi connectivity index (χ4n) is 1.46. The molecular weight excluding hydrogens is 248 g/mol. The molecule has 0 radical (unpaired) electrons. The Labute approximate surface area is 110 Å². The van der Waals surface area contributed by atoms with Gasteiger partial charge in [-0.15, -0.1) is 0 Å². The maximum atomic E-state index is 5.70. The molecule has 0 bridgehead atoms. The Morgan fingerprint density at radius 1 is 1.28 bits per heavy atom. The second-order valence-electron chi connectivity index (χ2n) is 3.52. The van der Waals surface area contributed by atoms with Crippen LogP contribution in [0.3, 0.4) is 0 Å². The van der Waals surface area contributed by atoms with Gasteiger partial charge in [-0.2, -0.15) is 0 Å². The maximum absolute atomic E-state index is 5.70. The third-order valence-corrected chi connectivity index (χ3v) is 2.54. The zero-order valence-corrected chi connectivity index (χ0v) is 10.6. The second-order valence-corrected chi connectivity index (χ2v) is 3.96. The molecule has 0 unspecified atom stereocenters. The monoisotopic (exact) mass is 260 g/mol. The lowest BCUT2D eigenvalue weighted by atomic mass is 10.2. The molecule has 0 spiro atoms. The predicted molar refractivity (Wildman–Crippen MR) is 73.2 cm³/mol. The number of benzene rings is 1. The summed E-state index contributed by atoms with van der Waals surface area (Å²) in [6.07, 6.45) is 3.20. The minimum Gasteiger partial charge on any atom is -0.497 e. The number of methoxy groups -OCH3 is 1. The van der Waals surface area contributed by atoms with Gasteiger partial charge in [0.25, 0.3) is 0 Å². The van der Waals surface area contributed by atoms with Gasteiger partial charge in [0, 0.05) is 12.3 Å². The third kappa shape index (κ3) is 2.75. The van der Waals surface area contributed by atoms with Crippen molar-refractivity contribution in [1.29, 1.82) is 0 Å². The molecule has 1 aromatic heterocycles. The van der Waals surface area contributed by atoms with Crippen molar-refractivity contribution in [3.05, 3.63) is 48.3 Å². The highest BCUT2D eigenvalue weighted by Gasteiger charge is 2.07. The van der Waals surface area contributed by atoms with Crippen molar-refractivity contribution in [2.24, 2.45) is 5.73 Å². The van der Waals surface area contributed by atoms with Crippen molar-refractivity contribution >= 4 is 17.2 Å². The number of pyridine rings is 1. The topological polar surface area (TPSA) is 57.4 Å². The molecule has 0 atom stereocenters. The SMILES string of the molecule is COc1cccc(Oc2cnccc2C(N)=S)c1. The van der Waals surface area contributed by atoms with Gasteiger partial charge in [-0.05, 0) is 18.2 Å². The Balaban J connectivity index is 2.31. The van der Waals surface area contributed by atoms with E-state index >= 15 is 0 Å². The molecule has 5 heteroatoms. The van der Waals surface area contributed by atoms with Crippen LogP contribution >= 0.6 is 12.2 Å². The lowest BCUT2D eigenvalue weighted by molar-refractivity contribution is 0.409. The third-order valence-electron chi connectivity index (χ3n) is 2.32. The highest BCUT2D eigenvalue weighted by molar-refractivity contribution is 7.80. The summed E-state index contributed by atoms with van der Waals surface area (Å²) >= 11 is 4.96. The molecule has 4 nitrogen and oxygen atoms in total. The highest BCUT2D eigenvalue weighted by atomic mass is 32.1. The van der Waals surface area contributed by atoms with E-state index in [1.807, 2.05) is 18.2 Å².